The summed E-state index contributed by atoms with van der Waals surface area (Å²) < 4.78 is 27.0. The van der Waals surface area contributed by atoms with Crippen molar-refractivity contribution in [3.8, 4) is 0 Å². The number of hydrogen-bond acceptors (Lipinski definition) is 1. The Hall–Kier alpha value is -0.960. The Morgan fingerprint density at radius 2 is 2.05 bits per heavy atom. The minimum Gasteiger partial charge on any atom is -0.325 e. The zero-order chi connectivity index (χ0) is 14.6. The van der Waals surface area contributed by atoms with Crippen LogP contribution in [0.5, 0.6) is 0 Å². The summed E-state index contributed by atoms with van der Waals surface area (Å²) in [7, 11) is 0. The molecule has 1 aromatic rings. The maximum absolute atomic E-state index is 13.8. The van der Waals surface area contributed by atoms with Crippen molar-refractivity contribution in [1.29, 1.82) is 0 Å². The molecule has 2 atom stereocenters. The lowest BCUT2D eigenvalue weighted by atomic mass is 9.84. The van der Waals surface area contributed by atoms with Crippen LogP contribution in [0.2, 0.25) is 0 Å². The fourth-order valence-corrected chi connectivity index (χ4v) is 3.44. The molecule has 1 aliphatic rings. The Morgan fingerprint density at radius 3 is 2.80 bits per heavy atom. The van der Waals surface area contributed by atoms with Gasteiger partial charge in [-0.1, -0.05) is 32.6 Å². The normalized spacial score (nSPS) is 27.3. The molecule has 0 aromatic heterocycles. The molecule has 20 heavy (non-hydrogen) atoms. The molecule has 1 aliphatic carbocycles. The summed E-state index contributed by atoms with van der Waals surface area (Å²) >= 11 is 0. The van der Waals surface area contributed by atoms with Crippen molar-refractivity contribution in [1.82, 2.24) is 0 Å². The van der Waals surface area contributed by atoms with E-state index in [9.17, 15) is 8.78 Å². The first kappa shape index (κ1) is 15.4. The maximum atomic E-state index is 13.8. The Bertz CT molecular complexity index is 447. The third-order valence-electron chi connectivity index (χ3n) is 4.58. The van der Waals surface area contributed by atoms with Gasteiger partial charge in [0.2, 0.25) is 0 Å². The van der Waals surface area contributed by atoms with Crippen molar-refractivity contribution in [2.75, 3.05) is 0 Å². The van der Waals surface area contributed by atoms with Crippen LogP contribution < -0.4 is 5.73 Å². The fourth-order valence-electron chi connectivity index (χ4n) is 3.44. The Labute approximate surface area is 120 Å². The highest BCUT2D eigenvalue weighted by Gasteiger charge is 2.30. The smallest absolute Gasteiger partial charge is 0.126 e. The first-order valence-electron chi connectivity index (χ1n) is 7.75. The third-order valence-corrected chi connectivity index (χ3v) is 4.58. The largest absolute Gasteiger partial charge is 0.325 e. The molecule has 1 saturated carbocycles. The van der Waals surface area contributed by atoms with Gasteiger partial charge in [-0.3, -0.25) is 0 Å². The second-order valence-electron chi connectivity index (χ2n) is 6.36. The zero-order valence-corrected chi connectivity index (χ0v) is 12.3. The number of halogens is 2. The van der Waals surface area contributed by atoms with Gasteiger partial charge in [0.25, 0.3) is 0 Å². The summed E-state index contributed by atoms with van der Waals surface area (Å²) in [6.07, 6.45) is 8.15. The van der Waals surface area contributed by atoms with Crippen LogP contribution in [-0.4, -0.2) is 5.54 Å². The Balaban J connectivity index is 2.05. The van der Waals surface area contributed by atoms with Crippen LogP contribution >= 0.6 is 0 Å². The van der Waals surface area contributed by atoms with Crippen molar-refractivity contribution >= 4 is 0 Å². The lowest BCUT2D eigenvalue weighted by molar-refractivity contribution is 0.350. The van der Waals surface area contributed by atoms with Gasteiger partial charge < -0.3 is 5.73 Å². The van der Waals surface area contributed by atoms with Crippen molar-refractivity contribution in [2.24, 2.45) is 11.7 Å². The molecule has 2 N–H and O–H groups in total. The molecular weight excluding hydrogens is 256 g/mol. The van der Waals surface area contributed by atoms with E-state index in [2.05, 4.69) is 6.92 Å². The predicted octanol–water partition coefficient (Wildman–Crippen LogP) is 4.59. The lowest BCUT2D eigenvalue weighted by Gasteiger charge is -2.28. The van der Waals surface area contributed by atoms with E-state index < -0.39 is 0 Å². The average molecular weight is 281 g/mol. The molecule has 0 radical (unpaired) electrons. The highest BCUT2D eigenvalue weighted by molar-refractivity contribution is 5.21. The van der Waals surface area contributed by atoms with Crippen molar-refractivity contribution in [2.45, 2.75) is 63.8 Å². The average Bonchev–Trinajstić information content (AvgIpc) is 2.57. The highest BCUT2D eigenvalue weighted by atomic mass is 19.1. The number of nitrogens with two attached hydrogens (primary N) is 1. The summed E-state index contributed by atoms with van der Waals surface area (Å²) in [5, 5.41) is 0. The zero-order valence-electron chi connectivity index (χ0n) is 12.3. The minimum atomic E-state index is -0.387. The van der Waals surface area contributed by atoms with Gasteiger partial charge >= 0.3 is 0 Å². The first-order chi connectivity index (χ1) is 9.52. The summed E-state index contributed by atoms with van der Waals surface area (Å²) in [6, 6.07) is 3.65. The van der Waals surface area contributed by atoms with E-state index in [-0.39, 0.29) is 17.2 Å². The number of hydrogen-bond donors (Lipinski definition) is 1. The second-order valence-corrected chi connectivity index (χ2v) is 6.36. The van der Waals surface area contributed by atoms with Gasteiger partial charge in [0.15, 0.2) is 0 Å². The summed E-state index contributed by atoms with van der Waals surface area (Å²) in [5.74, 6) is 0.0239. The highest BCUT2D eigenvalue weighted by Crippen LogP contribution is 2.33. The van der Waals surface area contributed by atoms with Gasteiger partial charge in [-0.05, 0) is 55.4 Å². The van der Waals surface area contributed by atoms with Crippen molar-refractivity contribution < 1.29 is 8.78 Å². The van der Waals surface area contributed by atoms with Crippen LogP contribution in [-0.2, 0) is 6.42 Å². The molecular formula is C17H25F2N. The SMILES string of the molecule is CCCC1CCCC(N)(Cc2cc(F)ccc2F)CC1. The number of benzene rings is 1. The van der Waals surface area contributed by atoms with Gasteiger partial charge in [0, 0.05) is 5.54 Å². The van der Waals surface area contributed by atoms with Crippen molar-refractivity contribution in [3.05, 3.63) is 35.4 Å². The maximum Gasteiger partial charge on any atom is 0.126 e. The van der Waals surface area contributed by atoms with E-state index in [1.807, 2.05) is 0 Å². The van der Waals surface area contributed by atoms with E-state index >= 15 is 0 Å². The molecule has 0 bridgehead atoms. The molecule has 112 valence electrons. The van der Waals surface area contributed by atoms with Gasteiger partial charge in [0.05, 0.1) is 0 Å². The van der Waals surface area contributed by atoms with Crippen LogP contribution in [0.4, 0.5) is 8.78 Å². The molecule has 0 heterocycles. The van der Waals surface area contributed by atoms with E-state index in [0.717, 1.165) is 37.7 Å². The third kappa shape index (κ3) is 4.02. The second kappa shape index (κ2) is 6.66. The quantitative estimate of drug-likeness (QED) is 0.803. The molecule has 0 amide bonds. The standard InChI is InChI=1S/C17H25F2N/c1-2-4-13-5-3-9-17(20,10-8-13)12-14-11-15(18)6-7-16(14)19/h6-7,11,13H,2-5,8-10,12,20H2,1H3. The van der Waals surface area contributed by atoms with Crippen LogP contribution in [0, 0.1) is 17.6 Å². The van der Waals surface area contributed by atoms with Gasteiger partial charge in [-0.15, -0.1) is 0 Å². The number of rotatable bonds is 4. The van der Waals surface area contributed by atoms with Gasteiger partial charge in [0.1, 0.15) is 11.6 Å². The molecule has 0 spiro atoms. The van der Waals surface area contributed by atoms with Gasteiger partial charge in [-0.25, -0.2) is 8.78 Å². The summed E-state index contributed by atoms with van der Waals surface area (Å²) in [4.78, 5) is 0. The van der Waals surface area contributed by atoms with Crippen LogP contribution in [0.25, 0.3) is 0 Å². The van der Waals surface area contributed by atoms with E-state index in [1.54, 1.807) is 0 Å². The van der Waals surface area contributed by atoms with Crippen LogP contribution in [0.3, 0.4) is 0 Å². The minimum absolute atomic E-state index is 0.342. The molecule has 0 saturated heterocycles. The Kier molecular flexibility index (Phi) is 5.14. The van der Waals surface area contributed by atoms with E-state index in [0.29, 0.717) is 12.0 Å². The van der Waals surface area contributed by atoms with E-state index in [4.69, 9.17) is 5.73 Å². The first-order valence-corrected chi connectivity index (χ1v) is 7.75. The predicted molar refractivity (Wildman–Crippen MR) is 78.5 cm³/mol. The van der Waals surface area contributed by atoms with E-state index in [1.165, 1.54) is 31.4 Å². The molecule has 1 nitrogen and oxygen atoms in total. The fraction of sp³-hybridized carbons (Fsp3) is 0.647. The molecule has 2 rings (SSSR count). The molecule has 3 heteroatoms. The molecule has 1 fully saturated rings. The monoisotopic (exact) mass is 281 g/mol. The van der Waals surface area contributed by atoms with Crippen molar-refractivity contribution in [3.63, 3.8) is 0 Å². The lowest BCUT2D eigenvalue weighted by Crippen LogP contribution is -2.41. The summed E-state index contributed by atoms with van der Waals surface area (Å²) in [6.45, 7) is 2.21. The van der Waals surface area contributed by atoms with Gasteiger partial charge in [-0.2, -0.15) is 0 Å². The summed E-state index contributed by atoms with van der Waals surface area (Å²) in [5.41, 5.74) is 6.52. The topological polar surface area (TPSA) is 26.0 Å². The molecule has 2 unspecified atom stereocenters. The van der Waals surface area contributed by atoms with Crippen LogP contribution in [0.1, 0.15) is 57.4 Å². The molecule has 1 aromatic carbocycles. The molecule has 0 aliphatic heterocycles. The Morgan fingerprint density at radius 1 is 1.25 bits per heavy atom. The van der Waals surface area contributed by atoms with Crippen LogP contribution in [0.15, 0.2) is 18.2 Å².